The minimum Gasteiger partial charge on any atom is -0.342 e. The van der Waals surface area contributed by atoms with E-state index >= 15 is 0 Å². The van der Waals surface area contributed by atoms with E-state index in [4.69, 9.17) is 5.73 Å². The number of fused-ring (bicyclic) bond motifs is 1. The summed E-state index contributed by atoms with van der Waals surface area (Å²) in [4.78, 5) is 14.3. The second-order valence-corrected chi connectivity index (χ2v) is 5.39. The zero-order valence-electron chi connectivity index (χ0n) is 10.3. The van der Waals surface area contributed by atoms with Crippen molar-refractivity contribution in [2.45, 2.75) is 39.0 Å². The van der Waals surface area contributed by atoms with Crippen LogP contribution in [0.5, 0.6) is 0 Å². The van der Waals surface area contributed by atoms with Crippen LogP contribution >= 0.6 is 0 Å². The number of hydrogen-bond acceptors (Lipinski definition) is 2. The average Bonchev–Trinajstić information content (AvgIpc) is 2.90. The third-order valence-electron chi connectivity index (χ3n) is 4.03. The summed E-state index contributed by atoms with van der Waals surface area (Å²) in [6, 6.07) is 0. The Hall–Kier alpha value is -0.570. The second kappa shape index (κ2) is 5.17. The minimum atomic E-state index is 0.341. The first kappa shape index (κ1) is 11.9. The van der Waals surface area contributed by atoms with Gasteiger partial charge in [0.15, 0.2) is 0 Å². The highest BCUT2D eigenvalue weighted by atomic mass is 16.2. The van der Waals surface area contributed by atoms with Gasteiger partial charge in [0.05, 0.1) is 0 Å². The van der Waals surface area contributed by atoms with Crippen LogP contribution in [0.15, 0.2) is 0 Å². The number of nitrogens with zero attached hydrogens (tertiary/aromatic N) is 1. The fraction of sp³-hybridized carbons (Fsp3) is 0.923. The summed E-state index contributed by atoms with van der Waals surface area (Å²) in [7, 11) is 0. The Morgan fingerprint density at radius 1 is 1.25 bits per heavy atom. The molecule has 0 aromatic carbocycles. The molecular formula is C13H24N2O. The van der Waals surface area contributed by atoms with Gasteiger partial charge in [-0.1, -0.05) is 6.92 Å². The fourth-order valence-corrected chi connectivity index (χ4v) is 3.06. The predicted octanol–water partition coefficient (Wildman–Crippen LogP) is 1.62. The molecule has 0 spiro atoms. The summed E-state index contributed by atoms with van der Waals surface area (Å²) in [5.74, 6) is 2.54. The van der Waals surface area contributed by atoms with Crippen molar-refractivity contribution >= 4 is 5.91 Å². The van der Waals surface area contributed by atoms with Gasteiger partial charge in [0, 0.05) is 19.0 Å². The molecule has 0 radical (unpaired) electrons. The maximum absolute atomic E-state index is 12.3. The second-order valence-electron chi connectivity index (χ2n) is 5.39. The Labute approximate surface area is 98.4 Å². The minimum absolute atomic E-state index is 0.341. The molecule has 3 nitrogen and oxygen atoms in total. The summed E-state index contributed by atoms with van der Waals surface area (Å²) in [5.41, 5.74) is 5.52. The number of rotatable bonds is 6. The van der Waals surface area contributed by atoms with E-state index in [1.54, 1.807) is 0 Å². The molecule has 2 N–H and O–H groups in total. The summed E-state index contributed by atoms with van der Waals surface area (Å²) in [6.07, 6.45) is 5.69. The van der Waals surface area contributed by atoms with Crippen LogP contribution in [0.1, 0.15) is 39.0 Å². The van der Waals surface area contributed by atoms with E-state index in [2.05, 4.69) is 6.92 Å². The standard InChI is InChI=1S/C13H24N2O/c1-2-5-15(6-3-4-14)13(16)12-8-10-7-11(10)9-12/h10-12H,2-9,14H2,1H3. The van der Waals surface area contributed by atoms with Gasteiger partial charge in [-0.2, -0.15) is 0 Å². The molecule has 0 aromatic rings. The van der Waals surface area contributed by atoms with E-state index in [1.165, 1.54) is 6.42 Å². The summed E-state index contributed by atoms with van der Waals surface area (Å²) >= 11 is 0. The van der Waals surface area contributed by atoms with E-state index < -0.39 is 0 Å². The molecule has 0 aromatic heterocycles. The monoisotopic (exact) mass is 224 g/mol. The van der Waals surface area contributed by atoms with Crippen molar-refractivity contribution in [2.75, 3.05) is 19.6 Å². The molecule has 2 aliphatic rings. The lowest BCUT2D eigenvalue weighted by Gasteiger charge is -2.25. The van der Waals surface area contributed by atoms with Crippen LogP contribution in [-0.2, 0) is 4.79 Å². The lowest BCUT2D eigenvalue weighted by atomic mass is 10.0. The van der Waals surface area contributed by atoms with Crippen LogP contribution in [-0.4, -0.2) is 30.4 Å². The molecule has 0 heterocycles. The maximum Gasteiger partial charge on any atom is 0.225 e. The lowest BCUT2D eigenvalue weighted by Crippen LogP contribution is -2.37. The first-order valence-corrected chi connectivity index (χ1v) is 6.75. The molecule has 1 amide bonds. The summed E-state index contributed by atoms with van der Waals surface area (Å²) < 4.78 is 0. The van der Waals surface area contributed by atoms with E-state index in [-0.39, 0.29) is 0 Å². The Bertz CT molecular complexity index is 244. The van der Waals surface area contributed by atoms with E-state index in [9.17, 15) is 4.79 Å². The number of hydrogen-bond donors (Lipinski definition) is 1. The molecule has 2 aliphatic carbocycles. The van der Waals surface area contributed by atoms with Gasteiger partial charge < -0.3 is 10.6 Å². The average molecular weight is 224 g/mol. The Kier molecular flexibility index (Phi) is 3.85. The Morgan fingerprint density at radius 3 is 2.50 bits per heavy atom. The van der Waals surface area contributed by atoms with E-state index in [1.807, 2.05) is 4.90 Å². The number of carbonyl (C=O) groups excluding carboxylic acids is 1. The molecule has 0 saturated heterocycles. The molecule has 16 heavy (non-hydrogen) atoms. The van der Waals surface area contributed by atoms with Crippen molar-refractivity contribution in [1.29, 1.82) is 0 Å². The molecule has 2 fully saturated rings. The third-order valence-corrected chi connectivity index (χ3v) is 4.03. The van der Waals surface area contributed by atoms with Crippen molar-refractivity contribution in [1.82, 2.24) is 4.90 Å². The summed E-state index contributed by atoms with van der Waals surface area (Å²) in [5, 5.41) is 0. The van der Waals surface area contributed by atoms with Crippen LogP contribution in [0.2, 0.25) is 0 Å². The van der Waals surface area contributed by atoms with Crippen molar-refractivity contribution in [3.8, 4) is 0 Å². The molecular weight excluding hydrogens is 200 g/mol. The molecule has 2 atom stereocenters. The van der Waals surface area contributed by atoms with Crippen LogP contribution in [0.3, 0.4) is 0 Å². The molecule has 0 aliphatic heterocycles. The van der Waals surface area contributed by atoms with Gasteiger partial charge in [-0.15, -0.1) is 0 Å². The maximum atomic E-state index is 12.3. The molecule has 3 heteroatoms. The highest BCUT2D eigenvalue weighted by Gasteiger charge is 2.48. The topological polar surface area (TPSA) is 46.3 Å². The number of carbonyl (C=O) groups is 1. The van der Waals surface area contributed by atoms with Crippen molar-refractivity contribution < 1.29 is 4.79 Å². The van der Waals surface area contributed by atoms with Crippen LogP contribution < -0.4 is 5.73 Å². The first-order chi connectivity index (χ1) is 7.76. The highest BCUT2D eigenvalue weighted by molar-refractivity contribution is 5.79. The lowest BCUT2D eigenvalue weighted by molar-refractivity contribution is -0.135. The van der Waals surface area contributed by atoms with Gasteiger partial charge in [-0.3, -0.25) is 4.79 Å². The summed E-state index contributed by atoms with van der Waals surface area (Å²) in [6.45, 7) is 4.58. The Morgan fingerprint density at radius 2 is 1.94 bits per heavy atom. The van der Waals surface area contributed by atoms with Crippen molar-refractivity contribution in [3.63, 3.8) is 0 Å². The van der Waals surface area contributed by atoms with Gasteiger partial charge in [0.25, 0.3) is 0 Å². The zero-order valence-corrected chi connectivity index (χ0v) is 10.3. The Balaban J connectivity index is 1.83. The molecule has 92 valence electrons. The quantitative estimate of drug-likeness (QED) is 0.745. The highest BCUT2D eigenvalue weighted by Crippen LogP contribution is 2.54. The van der Waals surface area contributed by atoms with Crippen molar-refractivity contribution in [3.05, 3.63) is 0 Å². The zero-order chi connectivity index (χ0) is 11.5. The molecule has 2 saturated carbocycles. The van der Waals surface area contributed by atoms with Gasteiger partial charge in [0.2, 0.25) is 5.91 Å². The van der Waals surface area contributed by atoms with Gasteiger partial charge in [-0.05, 0) is 50.5 Å². The molecule has 2 unspecified atom stereocenters. The van der Waals surface area contributed by atoms with E-state index in [0.29, 0.717) is 18.4 Å². The van der Waals surface area contributed by atoms with Crippen LogP contribution in [0.4, 0.5) is 0 Å². The smallest absolute Gasteiger partial charge is 0.225 e. The third kappa shape index (κ3) is 2.57. The fourth-order valence-electron chi connectivity index (χ4n) is 3.06. The first-order valence-electron chi connectivity index (χ1n) is 6.75. The largest absolute Gasteiger partial charge is 0.342 e. The number of nitrogens with two attached hydrogens (primary N) is 1. The van der Waals surface area contributed by atoms with Crippen molar-refractivity contribution in [2.24, 2.45) is 23.5 Å². The van der Waals surface area contributed by atoms with E-state index in [0.717, 1.165) is 50.6 Å². The number of amides is 1. The van der Waals surface area contributed by atoms with Crippen LogP contribution in [0.25, 0.3) is 0 Å². The SMILES string of the molecule is CCCN(CCCN)C(=O)C1CC2CC2C1. The normalized spacial score (nSPS) is 31.2. The van der Waals surface area contributed by atoms with Gasteiger partial charge in [-0.25, -0.2) is 0 Å². The van der Waals surface area contributed by atoms with Gasteiger partial charge in [0.1, 0.15) is 0 Å². The molecule has 0 bridgehead atoms. The molecule has 2 rings (SSSR count). The van der Waals surface area contributed by atoms with Gasteiger partial charge >= 0.3 is 0 Å². The predicted molar refractivity (Wildman–Crippen MR) is 64.9 cm³/mol. The van der Waals surface area contributed by atoms with Crippen LogP contribution in [0, 0.1) is 17.8 Å².